The van der Waals surface area contributed by atoms with Crippen molar-refractivity contribution < 1.29 is 18.0 Å². The Bertz CT molecular complexity index is 1100. The van der Waals surface area contributed by atoms with Gasteiger partial charge in [0.2, 0.25) is 5.91 Å². The molecule has 0 aliphatic carbocycles. The summed E-state index contributed by atoms with van der Waals surface area (Å²) in [7, 11) is 1.65. The summed E-state index contributed by atoms with van der Waals surface area (Å²) in [5.74, 6) is 0.356. The number of nitrogens with zero attached hydrogens (tertiary/aromatic N) is 4. The maximum Gasteiger partial charge on any atom is 0.405 e. The molecule has 1 atom stereocenters. The molecule has 0 saturated heterocycles. The molecular weight excluding hydrogens is 453 g/mol. The van der Waals surface area contributed by atoms with E-state index in [2.05, 4.69) is 20.3 Å². The van der Waals surface area contributed by atoms with Gasteiger partial charge in [-0.05, 0) is 42.7 Å². The molecule has 11 heteroatoms. The lowest BCUT2D eigenvalue weighted by Crippen LogP contribution is -2.50. The van der Waals surface area contributed by atoms with E-state index in [0.29, 0.717) is 22.5 Å². The molecule has 33 heavy (non-hydrogen) atoms. The molecule has 3 aromatic heterocycles. The van der Waals surface area contributed by atoms with E-state index in [0.717, 1.165) is 10.4 Å². The summed E-state index contributed by atoms with van der Waals surface area (Å²) in [6, 6.07) is 8.51. The van der Waals surface area contributed by atoms with Gasteiger partial charge in [0, 0.05) is 19.4 Å². The third kappa shape index (κ3) is 6.64. The Labute approximate surface area is 194 Å². The number of thiazole rings is 1. The molecule has 2 N–H and O–H groups in total. The van der Waals surface area contributed by atoms with Crippen molar-refractivity contribution >= 4 is 34.0 Å². The van der Waals surface area contributed by atoms with E-state index in [1.165, 1.54) is 11.3 Å². The minimum Gasteiger partial charge on any atom is -0.345 e. The minimum absolute atomic E-state index is 0.233. The average molecular weight is 479 g/mol. The Morgan fingerprint density at radius 3 is 2.61 bits per heavy atom. The molecule has 0 fully saturated rings. The van der Waals surface area contributed by atoms with Gasteiger partial charge in [0.1, 0.15) is 24.2 Å². The van der Waals surface area contributed by atoms with Gasteiger partial charge in [-0.3, -0.25) is 4.79 Å². The third-order valence-electron chi connectivity index (χ3n) is 4.75. The van der Waals surface area contributed by atoms with Crippen LogP contribution < -0.4 is 15.5 Å². The molecule has 0 radical (unpaired) electrons. The number of hydrogen-bond acceptors (Lipinski definition) is 7. The number of nitrogens with one attached hydrogen (secondary N) is 2. The number of halogens is 3. The van der Waals surface area contributed by atoms with Crippen LogP contribution in [0.4, 0.5) is 29.9 Å². The van der Waals surface area contributed by atoms with Gasteiger partial charge in [0.25, 0.3) is 0 Å². The summed E-state index contributed by atoms with van der Waals surface area (Å²) in [6.45, 7) is 4.16. The van der Waals surface area contributed by atoms with Gasteiger partial charge in [-0.2, -0.15) is 13.2 Å². The second-order valence-corrected chi connectivity index (χ2v) is 8.90. The average Bonchev–Trinajstić information content (AvgIpc) is 3.22. The van der Waals surface area contributed by atoms with Crippen LogP contribution in [0.1, 0.15) is 19.4 Å². The van der Waals surface area contributed by atoms with Crippen molar-refractivity contribution in [3.8, 4) is 10.6 Å². The third-order valence-corrected chi connectivity index (χ3v) is 5.86. The predicted molar refractivity (Wildman–Crippen MR) is 124 cm³/mol. The van der Waals surface area contributed by atoms with E-state index >= 15 is 0 Å². The molecule has 1 unspecified atom stereocenters. The maximum atomic E-state index is 12.5. The van der Waals surface area contributed by atoms with Gasteiger partial charge in [0.15, 0.2) is 5.13 Å². The SMILES string of the molecule is Cc1ccnc(Nc2cccc(-c3cnc(N(C)C(C(=O)NCC(F)(F)F)C(C)C)s3)n2)c1. The van der Waals surface area contributed by atoms with E-state index in [9.17, 15) is 18.0 Å². The fraction of sp³-hybridized carbons (Fsp3) is 0.364. The molecule has 0 saturated carbocycles. The lowest BCUT2D eigenvalue weighted by molar-refractivity contribution is -0.139. The van der Waals surface area contributed by atoms with E-state index in [-0.39, 0.29) is 5.92 Å². The van der Waals surface area contributed by atoms with Gasteiger partial charge in [-0.15, -0.1) is 0 Å². The lowest BCUT2D eigenvalue weighted by Gasteiger charge is -2.30. The number of alkyl halides is 3. The molecule has 0 aliphatic rings. The molecule has 3 aromatic rings. The molecule has 0 aromatic carbocycles. The maximum absolute atomic E-state index is 12.5. The number of likely N-dealkylation sites (N-methyl/N-ethyl adjacent to an activating group) is 1. The van der Waals surface area contributed by atoms with Crippen LogP contribution in [0.2, 0.25) is 0 Å². The van der Waals surface area contributed by atoms with Crippen molar-refractivity contribution in [1.29, 1.82) is 0 Å². The highest BCUT2D eigenvalue weighted by Crippen LogP contribution is 2.32. The molecular formula is C22H25F3N6OS. The van der Waals surface area contributed by atoms with Crippen molar-refractivity contribution in [2.75, 3.05) is 23.8 Å². The number of carbonyl (C=O) groups is 1. The second kappa shape index (κ2) is 10.2. The molecule has 7 nitrogen and oxygen atoms in total. The summed E-state index contributed by atoms with van der Waals surface area (Å²) in [4.78, 5) is 28.1. The van der Waals surface area contributed by atoms with Crippen molar-refractivity contribution in [3.63, 3.8) is 0 Å². The number of carbonyl (C=O) groups excluding carboxylic acids is 1. The van der Waals surface area contributed by atoms with Crippen LogP contribution in [0.3, 0.4) is 0 Å². The summed E-state index contributed by atoms with van der Waals surface area (Å²) in [5.41, 5.74) is 1.74. The number of aryl methyl sites for hydroxylation is 1. The van der Waals surface area contributed by atoms with Crippen LogP contribution in [-0.2, 0) is 4.79 Å². The van der Waals surface area contributed by atoms with E-state index in [4.69, 9.17) is 0 Å². The molecule has 176 valence electrons. The van der Waals surface area contributed by atoms with E-state index in [1.54, 1.807) is 38.2 Å². The molecule has 0 spiro atoms. The Hall–Kier alpha value is -3.21. The summed E-state index contributed by atoms with van der Waals surface area (Å²) in [6.07, 6.45) is -1.12. The first-order valence-corrected chi connectivity index (χ1v) is 11.1. The van der Waals surface area contributed by atoms with Gasteiger partial charge >= 0.3 is 6.18 Å². The van der Waals surface area contributed by atoms with Crippen LogP contribution in [0, 0.1) is 12.8 Å². The lowest BCUT2D eigenvalue weighted by atomic mass is 10.0. The Morgan fingerprint density at radius 1 is 1.18 bits per heavy atom. The van der Waals surface area contributed by atoms with Gasteiger partial charge in [-0.1, -0.05) is 31.3 Å². The Morgan fingerprint density at radius 2 is 1.94 bits per heavy atom. The number of anilines is 3. The summed E-state index contributed by atoms with van der Waals surface area (Å²) < 4.78 is 37.6. The first-order valence-electron chi connectivity index (χ1n) is 10.2. The van der Waals surface area contributed by atoms with Crippen molar-refractivity contribution in [2.45, 2.75) is 33.0 Å². The molecule has 0 aliphatic heterocycles. The van der Waals surface area contributed by atoms with Crippen LogP contribution in [-0.4, -0.2) is 46.7 Å². The number of rotatable bonds is 8. The first-order chi connectivity index (χ1) is 15.5. The highest BCUT2D eigenvalue weighted by molar-refractivity contribution is 7.18. The highest BCUT2D eigenvalue weighted by Gasteiger charge is 2.33. The zero-order valence-electron chi connectivity index (χ0n) is 18.6. The quantitative estimate of drug-likeness (QED) is 0.484. The van der Waals surface area contributed by atoms with Crippen molar-refractivity contribution in [1.82, 2.24) is 20.3 Å². The first kappa shape index (κ1) is 24.4. The monoisotopic (exact) mass is 478 g/mol. The fourth-order valence-electron chi connectivity index (χ4n) is 3.26. The fourth-order valence-corrected chi connectivity index (χ4v) is 4.14. The van der Waals surface area contributed by atoms with E-state index < -0.39 is 24.7 Å². The largest absolute Gasteiger partial charge is 0.405 e. The minimum atomic E-state index is -4.47. The standard InChI is InChI=1S/C22H25F3N6OS/c1-13(2)19(20(32)28-12-22(23,24)25)31(4)21-27-11-16(33-21)15-6-5-7-17(29-15)30-18-10-14(3)8-9-26-18/h5-11,13,19H,12H2,1-4H3,(H,28,32)(H,26,29,30). The van der Waals surface area contributed by atoms with Crippen LogP contribution in [0.15, 0.2) is 42.7 Å². The van der Waals surface area contributed by atoms with Gasteiger partial charge < -0.3 is 15.5 Å². The Balaban J connectivity index is 1.77. The smallest absolute Gasteiger partial charge is 0.345 e. The van der Waals surface area contributed by atoms with Crippen molar-refractivity contribution in [2.24, 2.45) is 5.92 Å². The van der Waals surface area contributed by atoms with Crippen molar-refractivity contribution in [3.05, 3.63) is 48.3 Å². The number of amides is 1. The zero-order valence-corrected chi connectivity index (χ0v) is 19.5. The molecule has 3 rings (SSSR count). The highest BCUT2D eigenvalue weighted by atomic mass is 32.1. The van der Waals surface area contributed by atoms with Gasteiger partial charge in [-0.25, -0.2) is 15.0 Å². The number of hydrogen-bond donors (Lipinski definition) is 2. The molecule has 3 heterocycles. The predicted octanol–water partition coefficient (Wildman–Crippen LogP) is 4.79. The molecule has 0 bridgehead atoms. The molecule has 1 amide bonds. The number of aromatic nitrogens is 3. The number of pyridine rings is 2. The Kier molecular flexibility index (Phi) is 7.52. The summed E-state index contributed by atoms with van der Waals surface area (Å²) >= 11 is 1.30. The summed E-state index contributed by atoms with van der Waals surface area (Å²) in [5, 5.41) is 5.64. The topological polar surface area (TPSA) is 83.0 Å². The zero-order chi connectivity index (χ0) is 24.2. The van der Waals surface area contributed by atoms with Crippen LogP contribution >= 0.6 is 11.3 Å². The van der Waals surface area contributed by atoms with Gasteiger partial charge in [0.05, 0.1) is 10.6 Å². The van der Waals surface area contributed by atoms with Crippen LogP contribution in [0.25, 0.3) is 10.6 Å². The normalized spacial score (nSPS) is 12.5. The van der Waals surface area contributed by atoms with Crippen LogP contribution in [0.5, 0.6) is 0 Å². The van der Waals surface area contributed by atoms with E-state index in [1.807, 2.05) is 42.6 Å². The second-order valence-electron chi connectivity index (χ2n) is 7.89.